The van der Waals surface area contributed by atoms with Gasteiger partial charge in [-0.3, -0.25) is 19.4 Å². The number of allylic oxidation sites excluding steroid dienone is 1. The molecule has 0 spiro atoms. The van der Waals surface area contributed by atoms with Crippen molar-refractivity contribution < 1.29 is 24.2 Å². The molecule has 1 aromatic heterocycles. The van der Waals surface area contributed by atoms with Crippen LogP contribution in [0.3, 0.4) is 0 Å². The Hall–Kier alpha value is -2.70. The van der Waals surface area contributed by atoms with Gasteiger partial charge in [-0.05, 0) is 129 Å². The molecule has 5 saturated carbocycles. The highest BCUT2D eigenvalue weighted by atomic mass is 16.5. The van der Waals surface area contributed by atoms with Crippen molar-refractivity contribution in [3.05, 3.63) is 42.2 Å². The molecule has 0 unspecified atom stereocenters. The van der Waals surface area contributed by atoms with E-state index in [0.717, 1.165) is 69.9 Å². The Morgan fingerprint density at radius 2 is 1.68 bits per heavy atom. The molecule has 2 N–H and O–H groups in total. The van der Waals surface area contributed by atoms with Gasteiger partial charge < -0.3 is 15.2 Å². The van der Waals surface area contributed by atoms with Crippen molar-refractivity contribution in [2.24, 2.45) is 56.7 Å². The molecule has 258 valence electrons. The molecule has 0 saturated heterocycles. The van der Waals surface area contributed by atoms with Crippen molar-refractivity contribution in [2.45, 2.75) is 131 Å². The number of esters is 1. The summed E-state index contributed by atoms with van der Waals surface area (Å²) in [6.45, 7) is 19.1. The standard InChI is InChI=1S/C40H58N2O5/c1-25(2)27-15-20-40(35(45)46)22-21-38(6)28(34(27)40)11-12-30-37(5)18-17-31(36(3,4)29(37)16-19-39(30,38)7)47-33(44)14-13-32(43)42-24-26-10-8-9-23-41-26/h8-10,23,27-31,34H,1,11-22,24H2,2-7H3,(H,42,43)(H,45,46)/t27-,28+,29-,30+,31-,34+,37-,38+,39+,40-/m0/s1. The van der Waals surface area contributed by atoms with Gasteiger partial charge in [-0.1, -0.05) is 52.8 Å². The van der Waals surface area contributed by atoms with Gasteiger partial charge in [0.05, 0.1) is 24.1 Å². The van der Waals surface area contributed by atoms with Gasteiger partial charge in [-0.15, -0.1) is 0 Å². The summed E-state index contributed by atoms with van der Waals surface area (Å²) in [5.41, 5.74) is 1.54. The van der Waals surface area contributed by atoms with Gasteiger partial charge in [-0.25, -0.2) is 0 Å². The average Bonchev–Trinajstić information content (AvgIpc) is 3.43. The van der Waals surface area contributed by atoms with Crippen LogP contribution in [0.5, 0.6) is 0 Å². The molecule has 10 atom stereocenters. The van der Waals surface area contributed by atoms with Gasteiger partial charge in [0.1, 0.15) is 6.10 Å². The van der Waals surface area contributed by atoms with E-state index in [4.69, 9.17) is 4.74 Å². The Morgan fingerprint density at radius 3 is 2.36 bits per heavy atom. The van der Waals surface area contributed by atoms with Crippen LogP contribution in [0.15, 0.2) is 36.5 Å². The highest BCUT2D eigenvalue weighted by Crippen LogP contribution is 2.77. The van der Waals surface area contributed by atoms with E-state index < -0.39 is 11.4 Å². The highest BCUT2D eigenvalue weighted by Gasteiger charge is 2.72. The number of nitrogens with one attached hydrogen (secondary N) is 1. The van der Waals surface area contributed by atoms with Crippen LogP contribution in [0.4, 0.5) is 0 Å². The van der Waals surface area contributed by atoms with E-state index in [-0.39, 0.29) is 58.4 Å². The van der Waals surface area contributed by atoms with Crippen molar-refractivity contribution in [2.75, 3.05) is 0 Å². The van der Waals surface area contributed by atoms with Crippen LogP contribution >= 0.6 is 0 Å². The lowest BCUT2D eigenvalue weighted by Gasteiger charge is -2.72. The molecule has 5 aliphatic rings. The molecule has 1 amide bonds. The van der Waals surface area contributed by atoms with E-state index in [1.54, 1.807) is 6.20 Å². The second-order valence-electron chi connectivity index (χ2n) is 17.6. The first kappa shape index (κ1) is 34.2. The van der Waals surface area contributed by atoms with Crippen LogP contribution in [0.2, 0.25) is 0 Å². The monoisotopic (exact) mass is 646 g/mol. The van der Waals surface area contributed by atoms with E-state index in [2.05, 4.69) is 58.4 Å². The maximum absolute atomic E-state index is 13.1. The predicted octanol–water partition coefficient (Wildman–Crippen LogP) is 8.13. The third-order valence-electron chi connectivity index (χ3n) is 15.5. The first-order chi connectivity index (χ1) is 22.1. The first-order valence-electron chi connectivity index (χ1n) is 18.3. The number of carboxylic acids is 1. The smallest absolute Gasteiger partial charge is 0.309 e. The predicted molar refractivity (Wildman–Crippen MR) is 182 cm³/mol. The number of carboxylic acid groups (broad SMARTS) is 1. The summed E-state index contributed by atoms with van der Waals surface area (Å²) in [5.74, 6) is 0.839. The fraction of sp³-hybridized carbons (Fsp3) is 0.750. The summed E-state index contributed by atoms with van der Waals surface area (Å²) >= 11 is 0. The Balaban J connectivity index is 1.14. The molecule has 0 bridgehead atoms. The number of nitrogens with zero attached hydrogens (tertiary/aromatic N) is 1. The lowest BCUT2D eigenvalue weighted by atomic mass is 9.32. The minimum atomic E-state index is -0.595. The molecule has 1 heterocycles. The largest absolute Gasteiger partial charge is 0.481 e. The van der Waals surface area contributed by atoms with E-state index in [0.29, 0.717) is 30.2 Å². The third kappa shape index (κ3) is 5.28. The summed E-state index contributed by atoms with van der Waals surface area (Å²) in [4.78, 5) is 42.7. The number of ether oxygens (including phenoxy) is 1. The summed E-state index contributed by atoms with van der Waals surface area (Å²) in [5, 5.41) is 13.5. The van der Waals surface area contributed by atoms with Crippen molar-refractivity contribution in [3.8, 4) is 0 Å². The fourth-order valence-electron chi connectivity index (χ4n) is 12.9. The van der Waals surface area contributed by atoms with Crippen LogP contribution in [0.25, 0.3) is 0 Å². The minimum absolute atomic E-state index is 0.0766. The van der Waals surface area contributed by atoms with Gasteiger partial charge >= 0.3 is 11.9 Å². The molecular formula is C40H58N2O5. The molecule has 6 rings (SSSR count). The third-order valence-corrected chi connectivity index (χ3v) is 15.5. The topological polar surface area (TPSA) is 106 Å². The number of fused-ring (bicyclic) bond motifs is 7. The van der Waals surface area contributed by atoms with Crippen LogP contribution in [-0.2, 0) is 25.7 Å². The summed E-state index contributed by atoms with van der Waals surface area (Å²) < 4.78 is 6.20. The number of hydrogen-bond acceptors (Lipinski definition) is 5. The van der Waals surface area contributed by atoms with Crippen LogP contribution in [0, 0.1) is 56.7 Å². The normalized spacial score (nSPS) is 41.7. The van der Waals surface area contributed by atoms with Crippen molar-refractivity contribution in [1.82, 2.24) is 10.3 Å². The van der Waals surface area contributed by atoms with Gasteiger partial charge in [-0.2, -0.15) is 0 Å². The number of aliphatic carboxylic acids is 1. The Labute approximate surface area is 282 Å². The maximum atomic E-state index is 13.1. The number of rotatable bonds is 8. The van der Waals surface area contributed by atoms with E-state index in [1.165, 1.54) is 5.57 Å². The second kappa shape index (κ2) is 12.0. The Bertz CT molecular complexity index is 1410. The van der Waals surface area contributed by atoms with E-state index in [9.17, 15) is 19.5 Å². The molecule has 5 fully saturated rings. The second-order valence-corrected chi connectivity index (χ2v) is 17.6. The fourth-order valence-corrected chi connectivity index (χ4v) is 12.9. The number of carbonyl (C=O) groups excluding carboxylic acids is 2. The quantitative estimate of drug-likeness (QED) is 0.218. The zero-order chi connectivity index (χ0) is 34.0. The molecule has 0 aliphatic heterocycles. The van der Waals surface area contributed by atoms with Crippen molar-refractivity contribution in [1.29, 1.82) is 0 Å². The number of pyridine rings is 1. The SMILES string of the molecule is C=C(C)[C@@H]1CC[C@]2(C(=O)O)CC[C@]3(C)[C@H](CC[C@@H]4[C@@]5(C)CC[C@H](OC(=O)CCC(=O)NCc6ccccn6)C(C)(C)[C@@H]5CC[C@]43C)[C@@H]12. The van der Waals surface area contributed by atoms with Crippen molar-refractivity contribution in [3.63, 3.8) is 0 Å². The molecule has 7 nitrogen and oxygen atoms in total. The summed E-state index contributed by atoms with van der Waals surface area (Å²) in [6, 6.07) is 5.59. The van der Waals surface area contributed by atoms with Gasteiger partial charge in [0.2, 0.25) is 5.91 Å². The lowest BCUT2D eigenvalue weighted by molar-refractivity contribution is -0.250. The summed E-state index contributed by atoms with van der Waals surface area (Å²) in [6.07, 6.45) is 11.6. The average molecular weight is 647 g/mol. The highest BCUT2D eigenvalue weighted by molar-refractivity contribution is 5.81. The number of amides is 1. The van der Waals surface area contributed by atoms with Crippen molar-refractivity contribution >= 4 is 17.8 Å². The van der Waals surface area contributed by atoms with Crippen LogP contribution in [0.1, 0.15) is 124 Å². The summed E-state index contributed by atoms with van der Waals surface area (Å²) in [7, 11) is 0. The molecule has 47 heavy (non-hydrogen) atoms. The molecule has 0 radical (unpaired) electrons. The first-order valence-corrected chi connectivity index (χ1v) is 18.3. The number of aromatic nitrogens is 1. The lowest BCUT2D eigenvalue weighted by Crippen LogP contribution is -2.67. The Morgan fingerprint density at radius 1 is 0.915 bits per heavy atom. The van der Waals surface area contributed by atoms with E-state index >= 15 is 0 Å². The van der Waals surface area contributed by atoms with Crippen LogP contribution < -0.4 is 5.32 Å². The molecule has 5 aliphatic carbocycles. The molecule has 7 heteroatoms. The molecule has 1 aromatic rings. The zero-order valence-corrected chi connectivity index (χ0v) is 29.7. The van der Waals surface area contributed by atoms with Gasteiger partial charge in [0.15, 0.2) is 0 Å². The van der Waals surface area contributed by atoms with Gasteiger partial charge in [0.25, 0.3) is 0 Å². The van der Waals surface area contributed by atoms with Gasteiger partial charge in [0, 0.05) is 18.0 Å². The van der Waals surface area contributed by atoms with Crippen LogP contribution in [-0.4, -0.2) is 34.0 Å². The zero-order valence-electron chi connectivity index (χ0n) is 29.7. The number of carbonyl (C=O) groups is 3. The Kier molecular flexibility index (Phi) is 8.74. The molecule has 0 aromatic carbocycles. The minimum Gasteiger partial charge on any atom is -0.481 e. The molecular weight excluding hydrogens is 588 g/mol. The maximum Gasteiger partial charge on any atom is 0.309 e. The van der Waals surface area contributed by atoms with E-state index in [1.807, 2.05) is 18.2 Å². The number of hydrogen-bond donors (Lipinski definition) is 2.